The lowest BCUT2D eigenvalue weighted by molar-refractivity contribution is -0.143. The largest absolute Gasteiger partial charge is 0.481 e. The Morgan fingerprint density at radius 3 is 2.21 bits per heavy atom. The fourth-order valence-electron chi connectivity index (χ4n) is 3.39. The summed E-state index contributed by atoms with van der Waals surface area (Å²) >= 11 is 0. The van der Waals surface area contributed by atoms with Gasteiger partial charge in [0.2, 0.25) is 11.8 Å². The van der Waals surface area contributed by atoms with Gasteiger partial charge in [0, 0.05) is 0 Å². The molecule has 6 heteroatoms. The molecule has 1 saturated heterocycles. The number of amides is 2. The molecule has 4 unspecified atom stereocenters. The molecule has 1 aliphatic rings. The Hall–Kier alpha value is -1.59. The van der Waals surface area contributed by atoms with Gasteiger partial charge in [-0.15, -0.1) is 0 Å². The van der Waals surface area contributed by atoms with Crippen molar-refractivity contribution in [2.24, 2.45) is 17.8 Å². The van der Waals surface area contributed by atoms with Crippen molar-refractivity contribution < 1.29 is 19.5 Å². The number of carboxylic acid groups (broad SMARTS) is 1. The second kappa shape index (κ2) is 9.64. The van der Waals surface area contributed by atoms with Gasteiger partial charge in [-0.1, -0.05) is 53.4 Å². The van der Waals surface area contributed by atoms with Crippen LogP contribution < -0.4 is 10.6 Å². The van der Waals surface area contributed by atoms with E-state index in [2.05, 4.69) is 24.5 Å². The highest BCUT2D eigenvalue weighted by atomic mass is 16.4. The Morgan fingerprint density at radius 1 is 1.12 bits per heavy atom. The zero-order valence-corrected chi connectivity index (χ0v) is 15.3. The Labute approximate surface area is 144 Å². The van der Waals surface area contributed by atoms with Crippen molar-refractivity contribution in [1.82, 2.24) is 10.6 Å². The van der Waals surface area contributed by atoms with E-state index >= 15 is 0 Å². The average molecular weight is 340 g/mol. The molecule has 0 radical (unpaired) electrons. The van der Waals surface area contributed by atoms with Gasteiger partial charge in [0.25, 0.3) is 0 Å². The van der Waals surface area contributed by atoms with Gasteiger partial charge in [-0.25, -0.2) is 0 Å². The van der Waals surface area contributed by atoms with Gasteiger partial charge >= 0.3 is 5.97 Å². The molecule has 24 heavy (non-hydrogen) atoms. The lowest BCUT2D eigenvalue weighted by Crippen LogP contribution is -2.65. The zero-order chi connectivity index (χ0) is 18.3. The molecule has 0 aromatic heterocycles. The molecule has 0 aromatic rings. The molecular formula is C18H32N2O4. The maximum atomic E-state index is 12.4. The lowest BCUT2D eigenvalue weighted by Gasteiger charge is -2.36. The number of piperazine rings is 1. The molecule has 0 bridgehead atoms. The van der Waals surface area contributed by atoms with Crippen LogP contribution in [0.2, 0.25) is 0 Å². The minimum Gasteiger partial charge on any atom is -0.481 e. The van der Waals surface area contributed by atoms with Crippen LogP contribution in [0.25, 0.3) is 0 Å². The first kappa shape index (κ1) is 20.5. The van der Waals surface area contributed by atoms with Gasteiger partial charge < -0.3 is 15.7 Å². The van der Waals surface area contributed by atoms with E-state index < -0.39 is 18.1 Å². The summed E-state index contributed by atoms with van der Waals surface area (Å²) in [5, 5.41) is 14.8. The normalized spacial score (nSPS) is 23.5. The predicted octanol–water partition coefficient (Wildman–Crippen LogP) is 2.32. The third-order valence-electron chi connectivity index (χ3n) is 4.91. The number of carbonyl (C=O) groups excluding carboxylic acids is 2. The van der Waals surface area contributed by atoms with Crippen LogP contribution in [0, 0.1) is 17.8 Å². The summed E-state index contributed by atoms with van der Waals surface area (Å²) in [7, 11) is 0. The number of carbonyl (C=O) groups is 3. The Bertz CT molecular complexity index is 450. The molecule has 1 fully saturated rings. The molecule has 6 nitrogen and oxygen atoms in total. The standard InChI is InChI=1S/C18H32N2O4/c1-5-7-8-12(6-2)9-13(10-14(21)22)16-18(24)19-15(11(3)4)17(23)20-16/h11-13,15-16H,5-10H2,1-4H3,(H,19,24)(H,20,23)(H,21,22). The third kappa shape index (κ3) is 5.80. The second-order valence-electron chi connectivity index (χ2n) is 7.23. The van der Waals surface area contributed by atoms with Crippen LogP contribution >= 0.6 is 0 Å². The van der Waals surface area contributed by atoms with Crippen molar-refractivity contribution in [2.75, 3.05) is 0 Å². The van der Waals surface area contributed by atoms with Crippen LogP contribution in [0.3, 0.4) is 0 Å². The van der Waals surface area contributed by atoms with E-state index in [1.165, 1.54) is 0 Å². The molecule has 0 saturated carbocycles. The van der Waals surface area contributed by atoms with Gasteiger partial charge in [0.15, 0.2) is 0 Å². The number of aliphatic carboxylic acids is 1. The van der Waals surface area contributed by atoms with E-state index in [1.54, 1.807) is 0 Å². The van der Waals surface area contributed by atoms with Crippen LogP contribution in [0.1, 0.15) is 66.2 Å². The smallest absolute Gasteiger partial charge is 0.303 e. The quantitative estimate of drug-likeness (QED) is 0.569. The number of hydrogen-bond donors (Lipinski definition) is 3. The molecule has 0 aromatic carbocycles. The van der Waals surface area contributed by atoms with Crippen LogP contribution in [0.15, 0.2) is 0 Å². The fourth-order valence-corrected chi connectivity index (χ4v) is 3.39. The summed E-state index contributed by atoms with van der Waals surface area (Å²) in [6, 6.07) is -1.29. The second-order valence-corrected chi connectivity index (χ2v) is 7.23. The fraction of sp³-hybridized carbons (Fsp3) is 0.833. The summed E-state index contributed by atoms with van der Waals surface area (Å²) in [6.45, 7) is 7.96. The summed E-state index contributed by atoms with van der Waals surface area (Å²) < 4.78 is 0. The first-order chi connectivity index (χ1) is 11.3. The first-order valence-electron chi connectivity index (χ1n) is 9.12. The summed E-state index contributed by atoms with van der Waals surface area (Å²) in [6.07, 6.45) is 4.71. The topological polar surface area (TPSA) is 95.5 Å². The van der Waals surface area contributed by atoms with E-state index in [9.17, 15) is 19.5 Å². The maximum absolute atomic E-state index is 12.4. The van der Waals surface area contributed by atoms with Gasteiger partial charge in [0.1, 0.15) is 12.1 Å². The van der Waals surface area contributed by atoms with Crippen LogP contribution in [0.5, 0.6) is 0 Å². The number of carboxylic acids is 1. The van der Waals surface area contributed by atoms with Crippen molar-refractivity contribution in [3.05, 3.63) is 0 Å². The third-order valence-corrected chi connectivity index (χ3v) is 4.91. The van der Waals surface area contributed by atoms with E-state index in [4.69, 9.17) is 0 Å². The van der Waals surface area contributed by atoms with Crippen molar-refractivity contribution in [1.29, 1.82) is 0 Å². The molecule has 1 rings (SSSR count). The molecule has 3 N–H and O–H groups in total. The Balaban J connectivity index is 2.85. The molecule has 1 aliphatic heterocycles. The summed E-state index contributed by atoms with van der Waals surface area (Å²) in [5.74, 6) is -1.40. The number of nitrogens with one attached hydrogen (secondary N) is 2. The van der Waals surface area contributed by atoms with Crippen molar-refractivity contribution in [3.8, 4) is 0 Å². The highest BCUT2D eigenvalue weighted by molar-refractivity contribution is 5.97. The minimum absolute atomic E-state index is 0.000711. The Kier molecular flexibility index (Phi) is 8.22. The average Bonchev–Trinajstić information content (AvgIpc) is 2.51. The Morgan fingerprint density at radius 2 is 1.71 bits per heavy atom. The molecule has 0 aliphatic carbocycles. The summed E-state index contributed by atoms with van der Waals surface area (Å²) in [4.78, 5) is 35.9. The molecule has 4 atom stereocenters. The SMILES string of the molecule is CCCCC(CC)CC(CC(=O)O)C1NC(=O)C(C(C)C)NC1=O. The zero-order valence-electron chi connectivity index (χ0n) is 15.3. The van der Waals surface area contributed by atoms with Crippen LogP contribution in [-0.2, 0) is 14.4 Å². The molecule has 1 heterocycles. The van der Waals surface area contributed by atoms with Crippen molar-refractivity contribution in [2.45, 2.75) is 78.3 Å². The first-order valence-corrected chi connectivity index (χ1v) is 9.12. The maximum Gasteiger partial charge on any atom is 0.303 e. The van der Waals surface area contributed by atoms with Gasteiger partial charge in [-0.2, -0.15) is 0 Å². The molecule has 0 spiro atoms. The minimum atomic E-state index is -0.932. The van der Waals surface area contributed by atoms with Crippen LogP contribution in [0.4, 0.5) is 0 Å². The predicted molar refractivity (Wildman–Crippen MR) is 92.4 cm³/mol. The van der Waals surface area contributed by atoms with Crippen molar-refractivity contribution in [3.63, 3.8) is 0 Å². The van der Waals surface area contributed by atoms with Gasteiger partial charge in [-0.3, -0.25) is 14.4 Å². The molecule has 2 amide bonds. The number of hydrogen-bond acceptors (Lipinski definition) is 3. The van der Waals surface area contributed by atoms with Crippen LogP contribution in [-0.4, -0.2) is 35.0 Å². The van der Waals surface area contributed by atoms with E-state index in [-0.39, 0.29) is 30.1 Å². The van der Waals surface area contributed by atoms with Crippen molar-refractivity contribution >= 4 is 17.8 Å². The number of unbranched alkanes of at least 4 members (excludes halogenated alkanes) is 1. The summed E-state index contributed by atoms with van der Waals surface area (Å²) in [5.41, 5.74) is 0. The molecular weight excluding hydrogens is 308 g/mol. The van der Waals surface area contributed by atoms with Gasteiger partial charge in [-0.05, 0) is 24.2 Å². The highest BCUT2D eigenvalue weighted by Crippen LogP contribution is 2.27. The monoisotopic (exact) mass is 340 g/mol. The van der Waals surface area contributed by atoms with Gasteiger partial charge in [0.05, 0.1) is 6.42 Å². The highest BCUT2D eigenvalue weighted by Gasteiger charge is 2.40. The van der Waals surface area contributed by atoms with E-state index in [1.807, 2.05) is 13.8 Å². The molecule has 138 valence electrons. The van der Waals surface area contributed by atoms with E-state index in [0.29, 0.717) is 12.3 Å². The number of rotatable bonds is 10. The van der Waals surface area contributed by atoms with E-state index in [0.717, 1.165) is 25.7 Å². The lowest BCUT2D eigenvalue weighted by atomic mass is 9.81.